The molecular formula is C32H50N6O9. The number of amides is 5. The van der Waals surface area contributed by atoms with Crippen LogP contribution in [0, 0.1) is 17.8 Å². The van der Waals surface area contributed by atoms with Gasteiger partial charge >= 0.3 is 11.9 Å². The van der Waals surface area contributed by atoms with Gasteiger partial charge in [0.2, 0.25) is 29.5 Å². The maximum atomic E-state index is 13.4. The lowest BCUT2D eigenvalue weighted by Gasteiger charge is -2.29. The van der Waals surface area contributed by atoms with Gasteiger partial charge in [-0.25, -0.2) is 4.79 Å². The summed E-state index contributed by atoms with van der Waals surface area (Å²) in [5.41, 5.74) is 6.84. The molecule has 1 rings (SSSR count). The zero-order valence-electron chi connectivity index (χ0n) is 28.0. The van der Waals surface area contributed by atoms with Crippen molar-refractivity contribution in [2.24, 2.45) is 23.5 Å². The maximum absolute atomic E-state index is 13.4. The van der Waals surface area contributed by atoms with Gasteiger partial charge < -0.3 is 42.5 Å². The second-order valence-electron chi connectivity index (χ2n) is 12.5. The minimum atomic E-state index is -1.32. The summed E-state index contributed by atoms with van der Waals surface area (Å²) < 4.78 is 0. The predicted octanol–water partition coefficient (Wildman–Crippen LogP) is -0.0823. The Morgan fingerprint density at radius 2 is 1.09 bits per heavy atom. The van der Waals surface area contributed by atoms with E-state index in [1.165, 1.54) is 6.92 Å². The number of hydrogen-bond acceptors (Lipinski definition) is 8. The van der Waals surface area contributed by atoms with Crippen LogP contribution >= 0.6 is 0 Å². The fraction of sp³-hybridized carbons (Fsp3) is 0.594. The lowest BCUT2D eigenvalue weighted by atomic mass is 9.98. The number of nitrogens with one attached hydrogen (secondary N) is 5. The number of benzene rings is 1. The smallest absolute Gasteiger partial charge is 0.326 e. The van der Waals surface area contributed by atoms with Crippen LogP contribution in [0.5, 0.6) is 0 Å². The summed E-state index contributed by atoms with van der Waals surface area (Å²) in [6, 6.07) is 1.97. The Morgan fingerprint density at radius 1 is 0.617 bits per heavy atom. The molecule has 0 bridgehead atoms. The number of carbonyl (C=O) groups excluding carboxylic acids is 5. The molecule has 6 atom stereocenters. The van der Waals surface area contributed by atoms with Gasteiger partial charge in [0.05, 0.1) is 6.04 Å². The van der Waals surface area contributed by atoms with Gasteiger partial charge in [-0.3, -0.25) is 28.8 Å². The van der Waals surface area contributed by atoms with Gasteiger partial charge in [-0.05, 0) is 43.1 Å². The fourth-order valence-electron chi connectivity index (χ4n) is 4.50. The van der Waals surface area contributed by atoms with E-state index in [2.05, 4.69) is 26.6 Å². The quantitative estimate of drug-likeness (QED) is 0.0979. The molecule has 9 N–H and O–H groups in total. The molecule has 0 saturated carbocycles. The summed E-state index contributed by atoms with van der Waals surface area (Å²) in [6.45, 7) is 11.2. The van der Waals surface area contributed by atoms with E-state index in [0.29, 0.717) is 0 Å². The molecular weight excluding hydrogens is 612 g/mol. The van der Waals surface area contributed by atoms with Crippen molar-refractivity contribution in [1.82, 2.24) is 26.6 Å². The molecule has 47 heavy (non-hydrogen) atoms. The van der Waals surface area contributed by atoms with Crippen LogP contribution in [0.25, 0.3) is 0 Å². The van der Waals surface area contributed by atoms with Crippen molar-refractivity contribution in [3.05, 3.63) is 35.9 Å². The van der Waals surface area contributed by atoms with Crippen LogP contribution < -0.4 is 32.3 Å². The Labute approximate surface area is 275 Å². The first-order valence-electron chi connectivity index (χ1n) is 15.6. The maximum Gasteiger partial charge on any atom is 0.326 e. The lowest BCUT2D eigenvalue weighted by Crippen LogP contribution is -2.61. The van der Waals surface area contributed by atoms with Crippen molar-refractivity contribution >= 4 is 41.5 Å². The molecule has 0 heterocycles. The SMILES string of the molecule is CC(C)[C@H](NC(=O)[C@H](C)NC(=O)[C@@H](NC(=O)[C@@H](NC(=O)[C@H](CCC(=O)O)NC(=O)[C@@H](N)Cc1ccccc1)C(C)C)C(C)C)C(=O)O. The average Bonchev–Trinajstić information content (AvgIpc) is 2.98. The van der Waals surface area contributed by atoms with Gasteiger partial charge in [0.1, 0.15) is 30.2 Å². The zero-order valence-corrected chi connectivity index (χ0v) is 28.0. The highest BCUT2D eigenvalue weighted by Crippen LogP contribution is 2.10. The number of hydrogen-bond donors (Lipinski definition) is 8. The molecule has 0 aliphatic rings. The summed E-state index contributed by atoms with van der Waals surface area (Å²) in [4.78, 5) is 88.1. The Kier molecular flexibility index (Phi) is 16.5. The molecule has 0 radical (unpaired) electrons. The number of carboxylic acids is 2. The van der Waals surface area contributed by atoms with Crippen molar-refractivity contribution in [2.45, 2.75) is 104 Å². The molecule has 0 aliphatic carbocycles. The van der Waals surface area contributed by atoms with E-state index < -0.39 is 102 Å². The van der Waals surface area contributed by atoms with E-state index in [9.17, 15) is 43.8 Å². The van der Waals surface area contributed by atoms with Crippen molar-refractivity contribution in [1.29, 1.82) is 0 Å². The zero-order chi connectivity index (χ0) is 36.0. The topological polar surface area (TPSA) is 246 Å². The molecule has 0 spiro atoms. The van der Waals surface area contributed by atoms with E-state index in [0.717, 1.165) is 5.56 Å². The minimum Gasteiger partial charge on any atom is -0.481 e. The van der Waals surface area contributed by atoms with Gasteiger partial charge in [0, 0.05) is 6.42 Å². The Morgan fingerprint density at radius 3 is 1.55 bits per heavy atom. The molecule has 262 valence electrons. The van der Waals surface area contributed by atoms with Crippen molar-refractivity contribution in [3.63, 3.8) is 0 Å². The monoisotopic (exact) mass is 662 g/mol. The van der Waals surface area contributed by atoms with Crippen LogP contribution in [0.15, 0.2) is 30.3 Å². The largest absolute Gasteiger partial charge is 0.481 e. The molecule has 15 heteroatoms. The third-order valence-corrected chi connectivity index (χ3v) is 7.39. The number of carbonyl (C=O) groups is 7. The summed E-state index contributed by atoms with van der Waals surface area (Å²) >= 11 is 0. The molecule has 0 saturated heterocycles. The van der Waals surface area contributed by atoms with Gasteiger partial charge in [0.25, 0.3) is 0 Å². The van der Waals surface area contributed by atoms with E-state index in [-0.39, 0.29) is 12.8 Å². The summed E-state index contributed by atoms with van der Waals surface area (Å²) in [6.07, 6.45) is -0.543. The van der Waals surface area contributed by atoms with E-state index >= 15 is 0 Å². The highest BCUT2D eigenvalue weighted by molar-refractivity contribution is 5.96. The lowest BCUT2D eigenvalue weighted by molar-refractivity contribution is -0.143. The molecule has 0 fully saturated rings. The van der Waals surface area contributed by atoms with Crippen LogP contribution in [0.1, 0.15) is 66.9 Å². The average molecular weight is 663 g/mol. The second-order valence-corrected chi connectivity index (χ2v) is 12.5. The van der Waals surface area contributed by atoms with Gasteiger partial charge in [0.15, 0.2) is 0 Å². The number of aliphatic carboxylic acids is 2. The highest BCUT2D eigenvalue weighted by Gasteiger charge is 2.34. The summed E-state index contributed by atoms with van der Waals surface area (Å²) in [5, 5.41) is 31.1. The fourth-order valence-corrected chi connectivity index (χ4v) is 4.50. The predicted molar refractivity (Wildman–Crippen MR) is 172 cm³/mol. The summed E-state index contributed by atoms with van der Waals surface area (Å²) in [7, 11) is 0. The first-order chi connectivity index (χ1) is 21.8. The number of carboxylic acid groups (broad SMARTS) is 2. The first kappa shape index (κ1) is 40.5. The van der Waals surface area contributed by atoms with Crippen molar-refractivity contribution < 1.29 is 43.8 Å². The molecule has 0 aliphatic heterocycles. The van der Waals surface area contributed by atoms with Gasteiger partial charge in [-0.2, -0.15) is 0 Å². The molecule has 15 nitrogen and oxygen atoms in total. The third-order valence-electron chi connectivity index (χ3n) is 7.39. The molecule has 0 unspecified atom stereocenters. The van der Waals surface area contributed by atoms with E-state index in [1.807, 2.05) is 6.07 Å². The Balaban J connectivity index is 3.03. The van der Waals surface area contributed by atoms with Crippen LogP contribution in [-0.2, 0) is 40.0 Å². The van der Waals surface area contributed by atoms with Gasteiger partial charge in [-0.15, -0.1) is 0 Å². The molecule has 1 aromatic carbocycles. The third kappa shape index (κ3) is 13.8. The van der Waals surface area contributed by atoms with E-state index in [4.69, 9.17) is 5.73 Å². The molecule has 5 amide bonds. The van der Waals surface area contributed by atoms with E-state index in [1.54, 1.807) is 65.8 Å². The standard InChI is InChI=1S/C32H50N6O9/c1-16(2)24(30(44)34-19(7)27(41)38-26(18(5)6)32(46)47)37-31(45)25(17(3)4)36-29(43)22(13-14-23(39)40)35-28(42)21(33)15-20-11-9-8-10-12-20/h8-12,16-19,21-22,24-26H,13-15,33H2,1-7H3,(H,34,44)(H,35,42)(H,36,43)(H,37,45)(H,38,41)(H,39,40)(H,46,47)/t19-,21-,22-,24-,25-,26-/m0/s1. The second kappa shape index (κ2) is 19.2. The number of nitrogens with two attached hydrogens (primary N) is 1. The Bertz CT molecular complexity index is 1250. The van der Waals surface area contributed by atoms with Crippen LogP contribution in [0.2, 0.25) is 0 Å². The van der Waals surface area contributed by atoms with Crippen molar-refractivity contribution in [3.8, 4) is 0 Å². The molecule has 0 aromatic heterocycles. The molecule has 1 aromatic rings. The van der Waals surface area contributed by atoms with Crippen molar-refractivity contribution in [2.75, 3.05) is 0 Å². The summed E-state index contributed by atoms with van der Waals surface area (Å²) in [5.74, 6) is -7.44. The first-order valence-corrected chi connectivity index (χ1v) is 15.6. The minimum absolute atomic E-state index is 0.174. The Hall–Kier alpha value is -4.53. The van der Waals surface area contributed by atoms with Crippen LogP contribution in [0.3, 0.4) is 0 Å². The van der Waals surface area contributed by atoms with Crippen LogP contribution in [-0.4, -0.2) is 87.9 Å². The normalized spacial score (nSPS) is 15.0. The van der Waals surface area contributed by atoms with Crippen LogP contribution in [0.4, 0.5) is 0 Å². The highest BCUT2D eigenvalue weighted by atomic mass is 16.4. The number of rotatable bonds is 19. The van der Waals surface area contributed by atoms with Gasteiger partial charge in [-0.1, -0.05) is 71.9 Å².